The van der Waals surface area contributed by atoms with Gasteiger partial charge in [0, 0.05) is 35.0 Å². The Balaban J connectivity index is 2.35. The third-order valence-electron chi connectivity index (χ3n) is 2.34. The number of aryl methyl sites for hydroxylation is 1. The minimum Gasteiger partial charge on any atom is -0.370 e. The number of aromatic nitrogens is 1. The molecule has 0 aliphatic heterocycles. The molecule has 0 bridgehead atoms. The number of nitrogens with zero attached hydrogens (tertiary/aromatic N) is 1. The summed E-state index contributed by atoms with van der Waals surface area (Å²) in [6.07, 6.45) is 4.44. The summed E-state index contributed by atoms with van der Waals surface area (Å²) >= 11 is 0. The second-order valence-electron chi connectivity index (χ2n) is 3.74. The first-order valence-electron chi connectivity index (χ1n) is 5.08. The monoisotopic (exact) mass is 226 g/mol. The number of nitrogens with one attached hydrogen (secondary N) is 1. The number of rotatable bonds is 5. The van der Waals surface area contributed by atoms with Crippen LogP contribution in [0.2, 0.25) is 0 Å². The molecule has 0 saturated heterocycles. The summed E-state index contributed by atoms with van der Waals surface area (Å²) in [5.41, 5.74) is 1.19. The van der Waals surface area contributed by atoms with E-state index in [9.17, 15) is 4.21 Å². The first kappa shape index (κ1) is 12.2. The number of pyridine rings is 1. The summed E-state index contributed by atoms with van der Waals surface area (Å²) in [6.45, 7) is 4.86. The average molecular weight is 226 g/mol. The lowest BCUT2D eigenvalue weighted by Gasteiger charge is -2.09. The van der Waals surface area contributed by atoms with Crippen molar-refractivity contribution in [2.75, 3.05) is 18.1 Å². The molecule has 0 amide bonds. The van der Waals surface area contributed by atoms with Crippen LogP contribution >= 0.6 is 0 Å². The lowest BCUT2D eigenvalue weighted by Crippen LogP contribution is -2.15. The quantitative estimate of drug-likeness (QED) is 0.834. The van der Waals surface area contributed by atoms with Crippen LogP contribution in [0.4, 0.5) is 5.82 Å². The van der Waals surface area contributed by atoms with E-state index in [1.165, 1.54) is 5.56 Å². The molecule has 0 fully saturated rings. The lowest BCUT2D eigenvalue weighted by molar-refractivity contribution is 0.672. The smallest absolute Gasteiger partial charge is 0.126 e. The van der Waals surface area contributed by atoms with Gasteiger partial charge in [0.05, 0.1) is 0 Å². The Morgan fingerprint density at radius 3 is 2.93 bits per heavy atom. The summed E-state index contributed by atoms with van der Waals surface area (Å²) in [6, 6.07) is 3.97. The molecular weight excluding hydrogens is 208 g/mol. The fraction of sp³-hybridized carbons (Fsp3) is 0.545. The predicted molar refractivity (Wildman–Crippen MR) is 65.6 cm³/mol. The molecule has 1 aromatic heterocycles. The zero-order chi connectivity index (χ0) is 11.3. The van der Waals surface area contributed by atoms with Crippen molar-refractivity contribution in [1.29, 1.82) is 0 Å². The van der Waals surface area contributed by atoms with E-state index in [2.05, 4.69) is 10.3 Å². The van der Waals surface area contributed by atoms with Crippen LogP contribution in [0.5, 0.6) is 0 Å². The molecule has 1 heterocycles. The van der Waals surface area contributed by atoms with Crippen LogP contribution in [0.1, 0.15) is 18.9 Å². The number of hydrogen-bond donors (Lipinski definition) is 1. The van der Waals surface area contributed by atoms with Crippen molar-refractivity contribution in [2.45, 2.75) is 25.5 Å². The Hall–Kier alpha value is -0.900. The van der Waals surface area contributed by atoms with E-state index >= 15 is 0 Å². The molecule has 1 rings (SSSR count). The van der Waals surface area contributed by atoms with E-state index in [-0.39, 0.29) is 5.25 Å². The third kappa shape index (κ3) is 4.42. The maximum Gasteiger partial charge on any atom is 0.126 e. The Kier molecular flexibility index (Phi) is 4.75. The van der Waals surface area contributed by atoms with Crippen molar-refractivity contribution in [3.8, 4) is 0 Å². The Labute approximate surface area is 93.8 Å². The standard InChI is InChI=1S/C11H18N2OS/c1-9-4-6-12-11(8-9)13-7-5-10(2)15(3)14/h4,6,8,10H,5,7H2,1-3H3,(H,12,13). The molecule has 2 atom stereocenters. The molecule has 3 nitrogen and oxygen atoms in total. The fourth-order valence-electron chi connectivity index (χ4n) is 1.20. The van der Waals surface area contributed by atoms with Gasteiger partial charge in [0.1, 0.15) is 5.82 Å². The molecule has 0 aromatic carbocycles. The van der Waals surface area contributed by atoms with Crippen molar-refractivity contribution in [1.82, 2.24) is 4.98 Å². The highest BCUT2D eigenvalue weighted by atomic mass is 32.2. The molecule has 0 aliphatic carbocycles. The van der Waals surface area contributed by atoms with Gasteiger partial charge >= 0.3 is 0 Å². The second-order valence-corrected chi connectivity index (χ2v) is 5.55. The Morgan fingerprint density at radius 1 is 1.60 bits per heavy atom. The summed E-state index contributed by atoms with van der Waals surface area (Å²) < 4.78 is 11.1. The van der Waals surface area contributed by atoms with Gasteiger partial charge in [0.2, 0.25) is 0 Å². The molecule has 1 N–H and O–H groups in total. The normalized spacial score (nSPS) is 14.6. The number of hydrogen-bond acceptors (Lipinski definition) is 3. The molecule has 0 aliphatic rings. The van der Waals surface area contributed by atoms with E-state index in [1.807, 2.05) is 26.0 Å². The van der Waals surface area contributed by atoms with Crippen LogP contribution in [0.15, 0.2) is 18.3 Å². The molecule has 2 unspecified atom stereocenters. The summed E-state index contributed by atoms with van der Waals surface area (Å²) in [5.74, 6) is 0.893. The van der Waals surface area contributed by atoms with Crippen LogP contribution in [0.3, 0.4) is 0 Å². The largest absolute Gasteiger partial charge is 0.370 e. The van der Waals surface area contributed by atoms with E-state index < -0.39 is 10.8 Å². The van der Waals surface area contributed by atoms with E-state index in [0.717, 1.165) is 18.8 Å². The van der Waals surface area contributed by atoms with Gasteiger partial charge in [-0.3, -0.25) is 4.21 Å². The minimum atomic E-state index is -0.733. The van der Waals surface area contributed by atoms with Crippen molar-refractivity contribution < 1.29 is 4.21 Å². The lowest BCUT2D eigenvalue weighted by atomic mass is 10.3. The maximum atomic E-state index is 11.1. The molecule has 0 spiro atoms. The summed E-state index contributed by atoms with van der Waals surface area (Å²) in [5, 5.41) is 3.46. The van der Waals surface area contributed by atoms with E-state index in [4.69, 9.17) is 0 Å². The second kappa shape index (κ2) is 5.85. The van der Waals surface area contributed by atoms with Crippen LogP contribution in [0.25, 0.3) is 0 Å². The number of anilines is 1. The van der Waals surface area contributed by atoms with Crippen molar-refractivity contribution >= 4 is 16.6 Å². The highest BCUT2D eigenvalue weighted by Crippen LogP contribution is 2.06. The maximum absolute atomic E-state index is 11.1. The minimum absolute atomic E-state index is 0.238. The van der Waals surface area contributed by atoms with E-state index in [1.54, 1.807) is 12.5 Å². The fourth-order valence-corrected chi connectivity index (χ4v) is 1.65. The van der Waals surface area contributed by atoms with Gasteiger partial charge in [0.25, 0.3) is 0 Å². The Morgan fingerprint density at radius 2 is 2.33 bits per heavy atom. The Bertz CT molecular complexity index is 341. The molecule has 0 saturated carbocycles. The topological polar surface area (TPSA) is 42.0 Å². The van der Waals surface area contributed by atoms with Crippen LogP contribution in [-0.2, 0) is 10.8 Å². The van der Waals surface area contributed by atoms with Gasteiger partial charge in [-0.1, -0.05) is 6.92 Å². The summed E-state index contributed by atoms with van der Waals surface area (Å²) in [4.78, 5) is 4.19. The van der Waals surface area contributed by atoms with Gasteiger partial charge in [-0.05, 0) is 31.0 Å². The van der Waals surface area contributed by atoms with E-state index in [0.29, 0.717) is 0 Å². The SMILES string of the molecule is Cc1ccnc(NCCC(C)S(C)=O)c1. The van der Waals surface area contributed by atoms with Crippen molar-refractivity contribution in [2.24, 2.45) is 0 Å². The highest BCUT2D eigenvalue weighted by Gasteiger charge is 2.05. The van der Waals surface area contributed by atoms with Gasteiger partial charge in [-0.15, -0.1) is 0 Å². The average Bonchev–Trinajstić information content (AvgIpc) is 2.17. The molecule has 15 heavy (non-hydrogen) atoms. The molecule has 84 valence electrons. The third-order valence-corrected chi connectivity index (χ3v) is 3.71. The molecule has 1 aromatic rings. The molecular formula is C11H18N2OS. The predicted octanol–water partition coefficient (Wildman–Crippen LogP) is 1.96. The highest BCUT2D eigenvalue weighted by molar-refractivity contribution is 7.84. The zero-order valence-corrected chi connectivity index (χ0v) is 10.3. The first-order chi connectivity index (χ1) is 7.09. The summed E-state index contributed by atoms with van der Waals surface area (Å²) in [7, 11) is -0.733. The van der Waals surface area contributed by atoms with Gasteiger partial charge < -0.3 is 5.32 Å². The molecule has 4 heteroatoms. The first-order valence-corrected chi connectivity index (χ1v) is 6.70. The van der Waals surface area contributed by atoms with Crippen LogP contribution in [-0.4, -0.2) is 27.2 Å². The van der Waals surface area contributed by atoms with Gasteiger partial charge in [-0.25, -0.2) is 4.98 Å². The van der Waals surface area contributed by atoms with Crippen molar-refractivity contribution in [3.63, 3.8) is 0 Å². The van der Waals surface area contributed by atoms with Crippen LogP contribution in [0, 0.1) is 6.92 Å². The molecule has 0 radical (unpaired) electrons. The van der Waals surface area contributed by atoms with Crippen molar-refractivity contribution in [3.05, 3.63) is 23.9 Å². The van der Waals surface area contributed by atoms with Crippen LogP contribution < -0.4 is 5.32 Å². The van der Waals surface area contributed by atoms with Gasteiger partial charge in [-0.2, -0.15) is 0 Å². The van der Waals surface area contributed by atoms with Gasteiger partial charge in [0.15, 0.2) is 0 Å². The zero-order valence-electron chi connectivity index (χ0n) is 9.49.